The minimum absolute atomic E-state index is 0.342. The van der Waals surface area contributed by atoms with Crippen LogP contribution < -0.4 is 0 Å². The molecule has 1 aromatic rings. The summed E-state index contributed by atoms with van der Waals surface area (Å²) in [6, 6.07) is 0.353. The monoisotopic (exact) mass is 287 g/mol. The standard InChI is InChI=1S/C14H26ClN3O/c1-9(2)13-12(14(15)17(6)16-13)8-18(10(3)4)7-11(5)19/h9-11,19H,7-8H2,1-6H3. The lowest BCUT2D eigenvalue weighted by Gasteiger charge is -2.28. The Morgan fingerprint density at radius 2 is 1.84 bits per heavy atom. The van der Waals surface area contributed by atoms with E-state index in [1.807, 2.05) is 14.0 Å². The van der Waals surface area contributed by atoms with Crippen molar-refractivity contribution in [2.45, 2.75) is 59.2 Å². The fourth-order valence-electron chi connectivity index (χ4n) is 2.18. The lowest BCUT2D eigenvalue weighted by atomic mass is 10.1. The average molecular weight is 288 g/mol. The van der Waals surface area contributed by atoms with Crippen LogP contribution in [0.3, 0.4) is 0 Å². The molecule has 0 saturated carbocycles. The van der Waals surface area contributed by atoms with E-state index in [0.717, 1.165) is 17.8 Å². The largest absolute Gasteiger partial charge is 0.392 e. The SMILES string of the molecule is CC(O)CN(Cc1c(C(C)C)nn(C)c1Cl)C(C)C. The third-order valence-corrected chi connectivity index (χ3v) is 3.71. The topological polar surface area (TPSA) is 41.3 Å². The molecule has 1 rings (SSSR count). The van der Waals surface area contributed by atoms with Crippen molar-refractivity contribution in [3.05, 3.63) is 16.4 Å². The molecule has 5 heteroatoms. The average Bonchev–Trinajstić information content (AvgIpc) is 2.55. The van der Waals surface area contributed by atoms with Gasteiger partial charge in [0.1, 0.15) is 5.15 Å². The number of aliphatic hydroxyl groups excluding tert-OH is 1. The molecule has 1 atom stereocenters. The van der Waals surface area contributed by atoms with Crippen molar-refractivity contribution in [1.29, 1.82) is 0 Å². The fraction of sp³-hybridized carbons (Fsp3) is 0.786. The lowest BCUT2D eigenvalue weighted by Crippen LogP contribution is -2.36. The third kappa shape index (κ3) is 4.20. The van der Waals surface area contributed by atoms with Gasteiger partial charge in [0.15, 0.2) is 0 Å². The van der Waals surface area contributed by atoms with E-state index in [0.29, 0.717) is 23.7 Å². The highest BCUT2D eigenvalue weighted by atomic mass is 35.5. The van der Waals surface area contributed by atoms with Crippen molar-refractivity contribution in [3.63, 3.8) is 0 Å². The number of hydrogen-bond acceptors (Lipinski definition) is 3. The van der Waals surface area contributed by atoms with Crippen LogP contribution in [-0.2, 0) is 13.6 Å². The van der Waals surface area contributed by atoms with Gasteiger partial charge in [0, 0.05) is 31.7 Å². The Labute approximate surface area is 121 Å². The van der Waals surface area contributed by atoms with E-state index in [1.54, 1.807) is 4.68 Å². The van der Waals surface area contributed by atoms with Gasteiger partial charge in [-0.2, -0.15) is 5.10 Å². The van der Waals surface area contributed by atoms with Gasteiger partial charge >= 0.3 is 0 Å². The predicted molar refractivity (Wildman–Crippen MR) is 79.5 cm³/mol. The molecule has 0 saturated heterocycles. The third-order valence-electron chi connectivity index (χ3n) is 3.24. The maximum absolute atomic E-state index is 9.61. The zero-order chi connectivity index (χ0) is 14.7. The van der Waals surface area contributed by atoms with Gasteiger partial charge in [-0.25, -0.2) is 0 Å². The van der Waals surface area contributed by atoms with Gasteiger partial charge in [0.05, 0.1) is 11.8 Å². The van der Waals surface area contributed by atoms with Gasteiger partial charge in [-0.15, -0.1) is 0 Å². The van der Waals surface area contributed by atoms with Crippen molar-refractivity contribution in [2.75, 3.05) is 6.54 Å². The van der Waals surface area contributed by atoms with Crippen LogP contribution in [0.25, 0.3) is 0 Å². The lowest BCUT2D eigenvalue weighted by molar-refractivity contribution is 0.102. The van der Waals surface area contributed by atoms with E-state index >= 15 is 0 Å². The van der Waals surface area contributed by atoms with Gasteiger partial charge in [-0.05, 0) is 26.7 Å². The molecule has 0 amide bonds. The Hall–Kier alpha value is -0.580. The second kappa shape index (κ2) is 6.73. The molecule has 4 nitrogen and oxygen atoms in total. The van der Waals surface area contributed by atoms with Crippen LogP contribution >= 0.6 is 11.6 Å². The zero-order valence-corrected chi connectivity index (χ0v) is 13.6. The molecular weight excluding hydrogens is 262 g/mol. The normalized spacial score (nSPS) is 13.8. The summed E-state index contributed by atoms with van der Waals surface area (Å²) in [5.74, 6) is 0.342. The number of hydrogen-bond donors (Lipinski definition) is 1. The first-order valence-corrected chi connectivity index (χ1v) is 7.25. The smallest absolute Gasteiger partial charge is 0.131 e. The van der Waals surface area contributed by atoms with Gasteiger partial charge < -0.3 is 5.11 Å². The summed E-state index contributed by atoms with van der Waals surface area (Å²) in [7, 11) is 1.87. The van der Waals surface area contributed by atoms with Gasteiger partial charge in [0.25, 0.3) is 0 Å². The molecule has 1 unspecified atom stereocenters. The quantitative estimate of drug-likeness (QED) is 0.875. The highest BCUT2D eigenvalue weighted by molar-refractivity contribution is 6.30. The first-order chi connectivity index (χ1) is 8.73. The molecule has 19 heavy (non-hydrogen) atoms. The number of aryl methyl sites for hydroxylation is 1. The summed E-state index contributed by atoms with van der Waals surface area (Å²) in [4.78, 5) is 2.22. The molecule has 0 bridgehead atoms. The molecule has 1 heterocycles. The summed E-state index contributed by atoms with van der Waals surface area (Å²) in [5, 5.41) is 14.8. The van der Waals surface area contributed by atoms with Crippen LogP contribution in [0.4, 0.5) is 0 Å². The molecule has 1 N–H and O–H groups in total. The number of nitrogens with zero attached hydrogens (tertiary/aromatic N) is 3. The van der Waals surface area contributed by atoms with Crippen molar-refractivity contribution < 1.29 is 5.11 Å². The Kier molecular flexibility index (Phi) is 5.83. The Morgan fingerprint density at radius 1 is 1.26 bits per heavy atom. The molecule has 0 aliphatic rings. The van der Waals surface area contributed by atoms with Crippen LogP contribution in [0.5, 0.6) is 0 Å². The van der Waals surface area contributed by atoms with Crippen molar-refractivity contribution in [1.82, 2.24) is 14.7 Å². The zero-order valence-electron chi connectivity index (χ0n) is 12.8. The molecule has 0 spiro atoms. The summed E-state index contributed by atoms with van der Waals surface area (Å²) < 4.78 is 1.73. The van der Waals surface area contributed by atoms with Crippen molar-refractivity contribution >= 4 is 11.6 Å². The molecule has 0 radical (unpaired) electrons. The van der Waals surface area contributed by atoms with E-state index in [-0.39, 0.29) is 6.10 Å². The minimum Gasteiger partial charge on any atom is -0.392 e. The highest BCUT2D eigenvalue weighted by Gasteiger charge is 2.21. The van der Waals surface area contributed by atoms with Crippen LogP contribution in [0.1, 0.15) is 51.8 Å². The second-order valence-electron chi connectivity index (χ2n) is 5.81. The molecule has 1 aromatic heterocycles. The van der Waals surface area contributed by atoms with Crippen LogP contribution in [0.15, 0.2) is 0 Å². The van der Waals surface area contributed by atoms with E-state index in [1.165, 1.54) is 0 Å². The fourth-order valence-corrected chi connectivity index (χ4v) is 2.37. The number of aromatic nitrogens is 2. The highest BCUT2D eigenvalue weighted by Crippen LogP contribution is 2.27. The van der Waals surface area contributed by atoms with Crippen molar-refractivity contribution in [2.24, 2.45) is 7.05 Å². The molecule has 0 aromatic carbocycles. The number of rotatable bonds is 6. The summed E-state index contributed by atoms with van der Waals surface area (Å²) in [5.41, 5.74) is 2.12. The molecule has 0 aliphatic heterocycles. The predicted octanol–water partition coefficient (Wildman–Crippen LogP) is 2.79. The van der Waals surface area contributed by atoms with E-state index in [4.69, 9.17) is 11.6 Å². The van der Waals surface area contributed by atoms with Gasteiger partial charge in [-0.1, -0.05) is 25.4 Å². The molecule has 110 valence electrons. The van der Waals surface area contributed by atoms with Crippen LogP contribution in [0, 0.1) is 0 Å². The molecule has 0 fully saturated rings. The molecular formula is C14H26ClN3O. The van der Waals surface area contributed by atoms with E-state index < -0.39 is 0 Å². The second-order valence-corrected chi connectivity index (χ2v) is 6.16. The number of halogens is 1. The summed E-state index contributed by atoms with van der Waals surface area (Å²) >= 11 is 6.35. The first kappa shape index (κ1) is 16.5. The Morgan fingerprint density at radius 3 is 2.26 bits per heavy atom. The maximum Gasteiger partial charge on any atom is 0.131 e. The Balaban J connectivity index is 3.01. The summed E-state index contributed by atoms with van der Waals surface area (Å²) in [6.07, 6.45) is -0.347. The van der Waals surface area contributed by atoms with Gasteiger partial charge in [-0.3, -0.25) is 9.58 Å². The van der Waals surface area contributed by atoms with Crippen LogP contribution in [-0.4, -0.2) is 38.5 Å². The number of aliphatic hydroxyl groups is 1. The van der Waals surface area contributed by atoms with E-state index in [9.17, 15) is 5.11 Å². The Bertz CT molecular complexity index is 413. The first-order valence-electron chi connectivity index (χ1n) is 6.87. The van der Waals surface area contributed by atoms with Crippen molar-refractivity contribution in [3.8, 4) is 0 Å². The van der Waals surface area contributed by atoms with E-state index in [2.05, 4.69) is 37.7 Å². The molecule has 0 aliphatic carbocycles. The van der Waals surface area contributed by atoms with Crippen LogP contribution in [0.2, 0.25) is 5.15 Å². The summed E-state index contributed by atoms with van der Waals surface area (Å²) in [6.45, 7) is 11.7. The minimum atomic E-state index is -0.347. The maximum atomic E-state index is 9.61. The van der Waals surface area contributed by atoms with Gasteiger partial charge in [0.2, 0.25) is 0 Å².